The third-order valence-electron chi connectivity index (χ3n) is 2.51. The molecule has 0 radical (unpaired) electrons. The lowest BCUT2D eigenvalue weighted by Crippen LogP contribution is -2.42. The number of nitrogens with zero attached hydrogens (tertiary/aromatic N) is 2. The van der Waals surface area contributed by atoms with Gasteiger partial charge in [-0.05, 0) is 6.42 Å². The third-order valence-corrected chi connectivity index (χ3v) is 2.51. The molecule has 1 unspecified atom stereocenters. The first-order valence-electron chi connectivity index (χ1n) is 5.39. The number of nitrogens with one attached hydrogen (secondary N) is 2. The Morgan fingerprint density at radius 2 is 2.67 bits per heavy atom. The van der Waals surface area contributed by atoms with Gasteiger partial charge in [-0.15, -0.1) is 0 Å². The Balaban J connectivity index is 1.65. The molecule has 1 aliphatic rings. The molecule has 1 aromatic rings. The van der Waals surface area contributed by atoms with Crippen molar-refractivity contribution in [2.45, 2.75) is 12.5 Å². The number of aryl methyl sites for hydroxylation is 1. The van der Waals surface area contributed by atoms with Crippen LogP contribution in [-0.4, -0.2) is 42.1 Å². The minimum Gasteiger partial charge on any atom is -0.379 e. The Bertz CT molecular complexity index is 293. The van der Waals surface area contributed by atoms with E-state index in [-0.39, 0.29) is 0 Å². The summed E-state index contributed by atoms with van der Waals surface area (Å²) in [5, 5.41) is 11.0. The first kappa shape index (κ1) is 10.4. The summed E-state index contributed by atoms with van der Waals surface area (Å²) in [6.45, 7) is 3.56. The molecule has 0 amide bonds. The highest BCUT2D eigenvalue weighted by atomic mass is 16.5. The fraction of sp³-hybridized carbons (Fsp3) is 0.700. The van der Waals surface area contributed by atoms with Gasteiger partial charge in [-0.3, -0.25) is 4.68 Å². The van der Waals surface area contributed by atoms with E-state index in [1.165, 1.54) is 0 Å². The van der Waals surface area contributed by atoms with Crippen molar-refractivity contribution in [3.8, 4) is 0 Å². The predicted molar refractivity (Wildman–Crippen MR) is 58.9 cm³/mol. The molecular formula is C10H18N4O. The summed E-state index contributed by atoms with van der Waals surface area (Å²) in [5.41, 5.74) is 0. The van der Waals surface area contributed by atoms with Crippen LogP contribution < -0.4 is 10.6 Å². The molecule has 0 bridgehead atoms. The van der Waals surface area contributed by atoms with Gasteiger partial charge in [0.1, 0.15) is 5.82 Å². The molecule has 0 spiro atoms. The zero-order valence-corrected chi connectivity index (χ0v) is 9.07. The minimum absolute atomic E-state index is 0.481. The fourth-order valence-corrected chi connectivity index (χ4v) is 1.69. The van der Waals surface area contributed by atoms with E-state index in [2.05, 4.69) is 15.7 Å². The normalized spacial score (nSPS) is 21.5. The molecule has 0 saturated carbocycles. The lowest BCUT2D eigenvalue weighted by Gasteiger charge is -2.23. The van der Waals surface area contributed by atoms with Crippen LogP contribution in [0, 0.1) is 0 Å². The second-order valence-electron chi connectivity index (χ2n) is 3.82. The molecule has 2 heterocycles. The number of hydrogen-bond acceptors (Lipinski definition) is 4. The van der Waals surface area contributed by atoms with E-state index >= 15 is 0 Å². The van der Waals surface area contributed by atoms with Crippen LogP contribution in [0.15, 0.2) is 12.3 Å². The summed E-state index contributed by atoms with van der Waals surface area (Å²) in [5.74, 6) is 0.939. The van der Waals surface area contributed by atoms with E-state index < -0.39 is 0 Å². The summed E-state index contributed by atoms with van der Waals surface area (Å²) in [4.78, 5) is 0. The summed E-state index contributed by atoms with van der Waals surface area (Å²) < 4.78 is 7.17. The summed E-state index contributed by atoms with van der Waals surface area (Å²) >= 11 is 0. The molecule has 84 valence electrons. The number of ether oxygens (including phenoxy) is 1. The van der Waals surface area contributed by atoms with Gasteiger partial charge in [-0.2, -0.15) is 5.10 Å². The van der Waals surface area contributed by atoms with Gasteiger partial charge in [0.25, 0.3) is 0 Å². The minimum atomic E-state index is 0.481. The highest BCUT2D eigenvalue weighted by Crippen LogP contribution is 2.03. The largest absolute Gasteiger partial charge is 0.379 e. The van der Waals surface area contributed by atoms with E-state index in [1.807, 2.05) is 19.3 Å². The highest BCUT2D eigenvalue weighted by molar-refractivity contribution is 5.31. The quantitative estimate of drug-likeness (QED) is 0.746. The molecule has 1 aliphatic heterocycles. The molecule has 1 aromatic heterocycles. The number of hydrogen-bond donors (Lipinski definition) is 2. The van der Waals surface area contributed by atoms with Crippen molar-refractivity contribution < 1.29 is 4.74 Å². The van der Waals surface area contributed by atoms with E-state index in [1.54, 1.807) is 4.68 Å². The standard InChI is InChI=1S/C10H18N4O/c1-14-6-3-10(13-14)12-4-2-9-8-15-7-5-11-9/h3,6,9,11H,2,4-5,7-8H2,1H3,(H,12,13). The molecule has 0 aromatic carbocycles. The van der Waals surface area contributed by atoms with Crippen LogP contribution in [0.2, 0.25) is 0 Å². The van der Waals surface area contributed by atoms with Gasteiger partial charge in [-0.25, -0.2) is 0 Å². The van der Waals surface area contributed by atoms with Crippen molar-refractivity contribution in [1.29, 1.82) is 0 Å². The highest BCUT2D eigenvalue weighted by Gasteiger charge is 2.11. The van der Waals surface area contributed by atoms with Gasteiger partial charge in [0.2, 0.25) is 0 Å². The van der Waals surface area contributed by atoms with E-state index in [0.717, 1.165) is 38.5 Å². The Kier molecular flexibility index (Phi) is 3.58. The average Bonchev–Trinajstić information content (AvgIpc) is 2.66. The zero-order chi connectivity index (χ0) is 10.5. The average molecular weight is 210 g/mol. The molecule has 15 heavy (non-hydrogen) atoms. The van der Waals surface area contributed by atoms with Crippen molar-refractivity contribution in [2.24, 2.45) is 7.05 Å². The molecule has 5 heteroatoms. The first-order valence-corrected chi connectivity index (χ1v) is 5.39. The summed E-state index contributed by atoms with van der Waals surface area (Å²) in [6, 6.07) is 2.46. The lowest BCUT2D eigenvalue weighted by atomic mass is 10.2. The Morgan fingerprint density at radius 1 is 1.73 bits per heavy atom. The van der Waals surface area contributed by atoms with E-state index in [4.69, 9.17) is 4.74 Å². The molecule has 2 rings (SSSR count). The molecule has 0 aliphatic carbocycles. The van der Waals surface area contributed by atoms with Crippen LogP contribution in [-0.2, 0) is 11.8 Å². The van der Waals surface area contributed by atoms with Gasteiger partial charge in [-0.1, -0.05) is 0 Å². The Morgan fingerprint density at radius 3 is 3.33 bits per heavy atom. The van der Waals surface area contributed by atoms with Crippen molar-refractivity contribution in [1.82, 2.24) is 15.1 Å². The van der Waals surface area contributed by atoms with Gasteiger partial charge in [0.15, 0.2) is 0 Å². The van der Waals surface area contributed by atoms with E-state index in [0.29, 0.717) is 6.04 Å². The summed E-state index contributed by atoms with van der Waals surface area (Å²) in [6.07, 6.45) is 3.00. The summed E-state index contributed by atoms with van der Waals surface area (Å²) in [7, 11) is 1.92. The maximum absolute atomic E-state index is 5.38. The third kappa shape index (κ3) is 3.21. The van der Waals surface area contributed by atoms with Crippen LogP contribution >= 0.6 is 0 Å². The van der Waals surface area contributed by atoms with Gasteiger partial charge >= 0.3 is 0 Å². The Labute approximate surface area is 89.8 Å². The van der Waals surface area contributed by atoms with Crippen molar-refractivity contribution in [3.63, 3.8) is 0 Å². The number of morpholine rings is 1. The number of rotatable bonds is 4. The molecule has 1 saturated heterocycles. The van der Waals surface area contributed by atoms with Crippen molar-refractivity contribution in [2.75, 3.05) is 31.6 Å². The van der Waals surface area contributed by atoms with Crippen LogP contribution in [0.25, 0.3) is 0 Å². The second-order valence-corrected chi connectivity index (χ2v) is 3.82. The molecule has 2 N–H and O–H groups in total. The van der Waals surface area contributed by atoms with Crippen LogP contribution in [0.4, 0.5) is 5.82 Å². The topological polar surface area (TPSA) is 51.1 Å². The van der Waals surface area contributed by atoms with Crippen molar-refractivity contribution in [3.05, 3.63) is 12.3 Å². The molecular weight excluding hydrogens is 192 g/mol. The Hall–Kier alpha value is -1.07. The van der Waals surface area contributed by atoms with Crippen LogP contribution in [0.1, 0.15) is 6.42 Å². The van der Waals surface area contributed by atoms with Crippen molar-refractivity contribution >= 4 is 5.82 Å². The monoisotopic (exact) mass is 210 g/mol. The van der Waals surface area contributed by atoms with Gasteiger partial charge < -0.3 is 15.4 Å². The smallest absolute Gasteiger partial charge is 0.147 e. The maximum atomic E-state index is 5.38. The predicted octanol–water partition coefficient (Wildman–Crippen LogP) is 0.210. The fourth-order valence-electron chi connectivity index (χ4n) is 1.69. The van der Waals surface area contributed by atoms with Crippen LogP contribution in [0.5, 0.6) is 0 Å². The lowest BCUT2D eigenvalue weighted by molar-refractivity contribution is 0.0753. The zero-order valence-electron chi connectivity index (χ0n) is 9.07. The molecule has 1 fully saturated rings. The number of anilines is 1. The molecule has 1 atom stereocenters. The maximum Gasteiger partial charge on any atom is 0.147 e. The van der Waals surface area contributed by atoms with Gasteiger partial charge in [0.05, 0.1) is 13.2 Å². The second kappa shape index (κ2) is 5.14. The van der Waals surface area contributed by atoms with Gasteiger partial charge in [0, 0.05) is 38.4 Å². The van der Waals surface area contributed by atoms with Crippen LogP contribution in [0.3, 0.4) is 0 Å². The molecule has 5 nitrogen and oxygen atoms in total. The SMILES string of the molecule is Cn1ccc(NCCC2COCCN2)n1. The first-order chi connectivity index (χ1) is 7.34. The number of aromatic nitrogens is 2. The van der Waals surface area contributed by atoms with E-state index in [9.17, 15) is 0 Å².